The Labute approximate surface area is 236 Å². The van der Waals surface area contributed by atoms with Crippen molar-refractivity contribution in [2.45, 2.75) is 40.0 Å². The van der Waals surface area contributed by atoms with E-state index in [0.717, 1.165) is 28.4 Å². The summed E-state index contributed by atoms with van der Waals surface area (Å²) in [5, 5.41) is 8.18. The normalized spacial score (nSPS) is 11.7. The fourth-order valence-corrected chi connectivity index (χ4v) is 4.89. The summed E-state index contributed by atoms with van der Waals surface area (Å²) in [6, 6.07) is 29.3. The minimum Gasteiger partial charge on any atom is -0.332 e. The Bertz CT molecular complexity index is 1460. The average Bonchev–Trinajstić information content (AvgIpc) is 2.93. The van der Waals surface area contributed by atoms with Gasteiger partial charge in [0, 0.05) is 23.2 Å². The summed E-state index contributed by atoms with van der Waals surface area (Å²) in [4.78, 5) is 28.0. The van der Waals surface area contributed by atoms with Crippen LogP contribution in [-0.4, -0.2) is 23.5 Å². The predicted octanol–water partition coefficient (Wildman–Crippen LogP) is 7.32. The number of carbonyl (C=O) groups excluding carboxylic acids is 2. The average molecular weight is 538 g/mol. The number of hydrogen-bond donors (Lipinski definition) is 2. The van der Waals surface area contributed by atoms with E-state index in [9.17, 15) is 9.59 Å². The van der Waals surface area contributed by atoms with E-state index in [1.807, 2.05) is 68.4 Å². The predicted molar refractivity (Wildman–Crippen MR) is 166 cm³/mol. The van der Waals surface area contributed by atoms with Crippen molar-refractivity contribution < 1.29 is 9.59 Å². The molecule has 2 amide bonds. The zero-order valence-corrected chi connectivity index (χ0v) is 23.7. The Balaban J connectivity index is 1.38. The van der Waals surface area contributed by atoms with Gasteiger partial charge in [-0.3, -0.25) is 9.59 Å². The van der Waals surface area contributed by atoms with E-state index >= 15 is 0 Å². The van der Waals surface area contributed by atoms with Gasteiger partial charge in [-0.15, -0.1) is 0 Å². The van der Waals surface area contributed by atoms with E-state index < -0.39 is 0 Å². The lowest BCUT2D eigenvalue weighted by molar-refractivity contribution is -0.120. The summed E-state index contributed by atoms with van der Waals surface area (Å²) in [6.45, 7) is 8.76. The third-order valence-corrected chi connectivity index (χ3v) is 6.97. The van der Waals surface area contributed by atoms with Gasteiger partial charge in [0.1, 0.15) is 0 Å². The summed E-state index contributed by atoms with van der Waals surface area (Å²) in [5.41, 5.74) is 4.35. The molecule has 1 atom stereocenters. The molecule has 0 radical (unpaired) electrons. The molecule has 0 aliphatic rings. The molecule has 0 heterocycles. The molecule has 4 rings (SSSR count). The van der Waals surface area contributed by atoms with Crippen molar-refractivity contribution >= 4 is 51.3 Å². The van der Waals surface area contributed by atoms with Gasteiger partial charge < -0.3 is 15.5 Å². The number of rotatable bonds is 8. The fraction of sp³-hybridized carbons (Fsp3) is 0.242. The van der Waals surface area contributed by atoms with Crippen molar-refractivity contribution in [3.05, 3.63) is 108 Å². The van der Waals surface area contributed by atoms with Gasteiger partial charge in [0.25, 0.3) is 5.91 Å². The van der Waals surface area contributed by atoms with Crippen LogP contribution >= 0.6 is 12.2 Å². The van der Waals surface area contributed by atoms with Crippen LogP contribution in [0.1, 0.15) is 55.1 Å². The maximum absolute atomic E-state index is 13.4. The first-order valence-electron chi connectivity index (χ1n) is 13.4. The Kier molecular flexibility index (Phi) is 9.10. The van der Waals surface area contributed by atoms with Crippen LogP contribution < -0.4 is 15.5 Å². The Morgan fingerprint density at radius 2 is 1.51 bits per heavy atom. The minimum atomic E-state index is -0.341. The zero-order valence-electron chi connectivity index (χ0n) is 22.9. The molecule has 0 saturated heterocycles. The van der Waals surface area contributed by atoms with Gasteiger partial charge in [0.2, 0.25) is 5.91 Å². The highest BCUT2D eigenvalue weighted by Gasteiger charge is 2.19. The number of nitrogens with one attached hydrogen (secondary N) is 2. The molecule has 2 N–H and O–H groups in total. The van der Waals surface area contributed by atoms with Gasteiger partial charge in [-0.2, -0.15) is 0 Å². The number of anilines is 2. The van der Waals surface area contributed by atoms with Crippen molar-refractivity contribution in [3.63, 3.8) is 0 Å². The second kappa shape index (κ2) is 12.7. The minimum absolute atomic E-state index is 0.0791. The van der Waals surface area contributed by atoms with Crippen LogP contribution in [0.15, 0.2) is 91.0 Å². The lowest BCUT2D eigenvalue weighted by Gasteiger charge is -2.23. The van der Waals surface area contributed by atoms with Crippen LogP contribution in [0, 0.1) is 5.92 Å². The summed E-state index contributed by atoms with van der Waals surface area (Å²) < 4.78 is 0. The summed E-state index contributed by atoms with van der Waals surface area (Å²) in [7, 11) is 0. The van der Waals surface area contributed by atoms with Crippen molar-refractivity contribution in [1.29, 1.82) is 0 Å². The number of nitrogens with zero attached hydrogens (tertiary/aromatic N) is 1. The zero-order chi connectivity index (χ0) is 27.9. The van der Waals surface area contributed by atoms with Crippen LogP contribution in [0.25, 0.3) is 10.8 Å². The highest BCUT2D eigenvalue weighted by atomic mass is 32.1. The molecule has 0 spiro atoms. The molecule has 39 heavy (non-hydrogen) atoms. The first kappa shape index (κ1) is 28.0. The SMILES string of the molecule is CCN(C(=O)c1ccc(NC(=S)NC(=O)C(C)c2ccc(CC(C)C)cc2)cc1)c1cccc2ccccc12. The van der Waals surface area contributed by atoms with Crippen molar-refractivity contribution in [2.75, 3.05) is 16.8 Å². The molecule has 0 aromatic heterocycles. The van der Waals surface area contributed by atoms with E-state index in [0.29, 0.717) is 23.7 Å². The molecule has 0 bridgehead atoms. The molecule has 0 saturated carbocycles. The lowest BCUT2D eigenvalue weighted by atomic mass is 9.96. The van der Waals surface area contributed by atoms with Crippen LogP contribution in [0.2, 0.25) is 0 Å². The van der Waals surface area contributed by atoms with Crippen LogP contribution in [-0.2, 0) is 11.2 Å². The van der Waals surface area contributed by atoms with E-state index in [-0.39, 0.29) is 22.8 Å². The van der Waals surface area contributed by atoms with Gasteiger partial charge in [-0.25, -0.2) is 0 Å². The fourth-order valence-electron chi connectivity index (χ4n) is 4.67. The maximum atomic E-state index is 13.4. The molecule has 0 aliphatic carbocycles. The first-order valence-corrected chi connectivity index (χ1v) is 13.8. The van der Waals surface area contributed by atoms with Gasteiger partial charge in [0.15, 0.2) is 5.11 Å². The second-order valence-corrected chi connectivity index (χ2v) is 10.5. The van der Waals surface area contributed by atoms with Gasteiger partial charge in [-0.1, -0.05) is 74.5 Å². The molecule has 4 aromatic carbocycles. The monoisotopic (exact) mass is 537 g/mol. The lowest BCUT2D eigenvalue weighted by Crippen LogP contribution is -2.36. The summed E-state index contributed by atoms with van der Waals surface area (Å²) in [5.74, 6) is -0.0111. The topological polar surface area (TPSA) is 61.4 Å². The Morgan fingerprint density at radius 3 is 2.18 bits per heavy atom. The van der Waals surface area contributed by atoms with E-state index in [2.05, 4.69) is 36.6 Å². The highest BCUT2D eigenvalue weighted by molar-refractivity contribution is 7.80. The molecule has 0 aliphatic heterocycles. The molecule has 200 valence electrons. The molecule has 0 fully saturated rings. The molecule has 4 aromatic rings. The van der Waals surface area contributed by atoms with E-state index in [1.54, 1.807) is 29.2 Å². The smallest absolute Gasteiger partial charge is 0.258 e. The molecule has 6 heteroatoms. The molecular weight excluding hydrogens is 502 g/mol. The maximum Gasteiger partial charge on any atom is 0.258 e. The molecular formula is C33H35N3O2S. The number of carbonyl (C=O) groups is 2. The highest BCUT2D eigenvalue weighted by Crippen LogP contribution is 2.28. The summed E-state index contributed by atoms with van der Waals surface area (Å²) >= 11 is 5.38. The number of amides is 2. The quantitative estimate of drug-likeness (QED) is 0.231. The third-order valence-electron chi connectivity index (χ3n) is 6.76. The van der Waals surface area contributed by atoms with Gasteiger partial charge in [-0.05, 0) is 85.2 Å². The van der Waals surface area contributed by atoms with Crippen molar-refractivity contribution in [3.8, 4) is 0 Å². The van der Waals surface area contributed by atoms with Crippen LogP contribution in [0.3, 0.4) is 0 Å². The van der Waals surface area contributed by atoms with E-state index in [1.165, 1.54) is 5.56 Å². The Morgan fingerprint density at radius 1 is 0.846 bits per heavy atom. The number of hydrogen-bond acceptors (Lipinski definition) is 3. The number of benzene rings is 4. The van der Waals surface area contributed by atoms with Crippen molar-refractivity contribution in [1.82, 2.24) is 5.32 Å². The second-order valence-electron chi connectivity index (χ2n) is 10.1. The number of thiocarbonyl (C=S) groups is 1. The van der Waals surface area contributed by atoms with Gasteiger partial charge >= 0.3 is 0 Å². The number of fused-ring (bicyclic) bond motifs is 1. The largest absolute Gasteiger partial charge is 0.332 e. The van der Waals surface area contributed by atoms with Gasteiger partial charge in [0.05, 0.1) is 11.6 Å². The summed E-state index contributed by atoms with van der Waals surface area (Å²) in [6.07, 6.45) is 1.01. The van der Waals surface area contributed by atoms with E-state index in [4.69, 9.17) is 12.2 Å². The molecule has 5 nitrogen and oxygen atoms in total. The Hall–Kier alpha value is -4.03. The van der Waals surface area contributed by atoms with Crippen LogP contribution in [0.5, 0.6) is 0 Å². The standard InChI is InChI=1S/C33H35N3O2S/c1-5-36(30-12-8-10-26-9-6-7-11-29(26)30)32(38)27-17-19-28(20-18-27)34-33(39)35-31(37)23(4)25-15-13-24(14-16-25)21-22(2)3/h6-20,22-23H,5,21H2,1-4H3,(H2,34,35,37,39). The molecule has 1 unspecified atom stereocenters. The van der Waals surface area contributed by atoms with Crippen LogP contribution in [0.4, 0.5) is 11.4 Å². The van der Waals surface area contributed by atoms with Crippen molar-refractivity contribution in [2.24, 2.45) is 5.92 Å². The first-order chi connectivity index (χ1) is 18.8. The third kappa shape index (κ3) is 6.89.